The number of amides is 1. The van der Waals surface area contributed by atoms with E-state index in [1.54, 1.807) is 0 Å². The predicted molar refractivity (Wildman–Crippen MR) is 72.1 cm³/mol. The van der Waals surface area contributed by atoms with Crippen molar-refractivity contribution in [2.24, 2.45) is 5.92 Å². The van der Waals surface area contributed by atoms with Crippen LogP contribution in [-0.2, 0) is 4.79 Å². The summed E-state index contributed by atoms with van der Waals surface area (Å²) in [6, 6.07) is 8.12. The number of anilines is 1. The predicted octanol–water partition coefficient (Wildman–Crippen LogP) is 2.38. The van der Waals surface area contributed by atoms with Crippen molar-refractivity contribution in [3.63, 3.8) is 0 Å². The highest BCUT2D eigenvalue weighted by atomic mass is 16.2. The molecule has 1 saturated carbocycles. The van der Waals surface area contributed by atoms with Crippen LogP contribution in [0.2, 0.25) is 0 Å². The Kier molecular flexibility index (Phi) is 2.98. The van der Waals surface area contributed by atoms with Crippen LogP contribution < -0.4 is 5.73 Å². The summed E-state index contributed by atoms with van der Waals surface area (Å²) in [7, 11) is 0. The van der Waals surface area contributed by atoms with E-state index < -0.39 is 0 Å². The first-order valence-electron chi connectivity index (χ1n) is 6.89. The van der Waals surface area contributed by atoms with Gasteiger partial charge in [-0.1, -0.05) is 18.2 Å². The van der Waals surface area contributed by atoms with Crippen LogP contribution in [0.5, 0.6) is 0 Å². The van der Waals surface area contributed by atoms with Crippen LogP contribution in [0.25, 0.3) is 0 Å². The van der Waals surface area contributed by atoms with E-state index in [-0.39, 0.29) is 0 Å². The molecule has 0 spiro atoms. The van der Waals surface area contributed by atoms with Gasteiger partial charge in [-0.05, 0) is 43.2 Å². The van der Waals surface area contributed by atoms with Crippen molar-refractivity contribution in [3.05, 3.63) is 29.8 Å². The van der Waals surface area contributed by atoms with E-state index in [0.29, 0.717) is 17.7 Å². The molecule has 0 bridgehead atoms. The molecule has 1 heterocycles. The number of para-hydroxylation sites is 1. The van der Waals surface area contributed by atoms with Crippen molar-refractivity contribution in [2.45, 2.75) is 31.6 Å². The number of rotatable bonds is 2. The van der Waals surface area contributed by atoms with Gasteiger partial charge in [0.05, 0.1) is 0 Å². The normalized spacial score (nSPS) is 21.0. The Morgan fingerprint density at radius 1 is 1.11 bits per heavy atom. The van der Waals surface area contributed by atoms with Crippen LogP contribution in [0.15, 0.2) is 24.3 Å². The van der Waals surface area contributed by atoms with E-state index in [0.717, 1.165) is 44.5 Å². The summed E-state index contributed by atoms with van der Waals surface area (Å²) in [4.78, 5) is 14.0. The minimum Gasteiger partial charge on any atom is -0.398 e. The van der Waals surface area contributed by atoms with Gasteiger partial charge in [0.1, 0.15) is 0 Å². The summed E-state index contributed by atoms with van der Waals surface area (Å²) in [6.07, 6.45) is 4.30. The molecule has 18 heavy (non-hydrogen) atoms. The zero-order chi connectivity index (χ0) is 12.5. The van der Waals surface area contributed by atoms with Gasteiger partial charge >= 0.3 is 0 Å². The fourth-order valence-corrected chi connectivity index (χ4v) is 2.88. The van der Waals surface area contributed by atoms with Gasteiger partial charge in [0.15, 0.2) is 0 Å². The highest BCUT2D eigenvalue weighted by Gasteiger charge is 2.35. The van der Waals surface area contributed by atoms with Crippen molar-refractivity contribution in [1.82, 2.24) is 4.90 Å². The van der Waals surface area contributed by atoms with Gasteiger partial charge in [-0.3, -0.25) is 4.79 Å². The molecule has 1 aromatic rings. The summed E-state index contributed by atoms with van der Waals surface area (Å²) >= 11 is 0. The maximum atomic E-state index is 12.0. The monoisotopic (exact) mass is 244 g/mol. The second-order valence-corrected chi connectivity index (χ2v) is 5.50. The average molecular weight is 244 g/mol. The summed E-state index contributed by atoms with van der Waals surface area (Å²) in [6.45, 7) is 1.79. The van der Waals surface area contributed by atoms with Crippen molar-refractivity contribution >= 4 is 11.6 Å². The van der Waals surface area contributed by atoms with Crippen LogP contribution >= 0.6 is 0 Å². The van der Waals surface area contributed by atoms with E-state index in [4.69, 9.17) is 5.73 Å². The number of benzene rings is 1. The SMILES string of the molecule is Nc1ccccc1C1CCN(C(=O)C2CC2)CC1. The lowest BCUT2D eigenvalue weighted by Gasteiger charge is -2.32. The molecule has 0 unspecified atom stereocenters. The Morgan fingerprint density at radius 2 is 1.78 bits per heavy atom. The second-order valence-electron chi connectivity index (χ2n) is 5.50. The number of nitrogen functional groups attached to an aromatic ring is 1. The standard InChI is InChI=1S/C15H20N2O/c16-14-4-2-1-3-13(14)11-7-9-17(10-8-11)15(18)12-5-6-12/h1-4,11-12H,5-10,16H2. The molecule has 1 aromatic carbocycles. The molecular formula is C15H20N2O. The first kappa shape index (κ1) is 11.6. The molecule has 1 aliphatic heterocycles. The molecule has 1 amide bonds. The van der Waals surface area contributed by atoms with Gasteiger partial charge in [0.2, 0.25) is 5.91 Å². The van der Waals surface area contributed by atoms with Gasteiger partial charge in [-0.25, -0.2) is 0 Å². The number of likely N-dealkylation sites (tertiary alicyclic amines) is 1. The minimum atomic E-state index is 0.350. The summed E-state index contributed by atoms with van der Waals surface area (Å²) in [5.74, 6) is 1.26. The minimum absolute atomic E-state index is 0.350. The van der Waals surface area contributed by atoms with Gasteiger partial charge in [0.25, 0.3) is 0 Å². The van der Waals surface area contributed by atoms with E-state index in [1.165, 1.54) is 5.56 Å². The van der Waals surface area contributed by atoms with E-state index in [9.17, 15) is 4.79 Å². The lowest BCUT2D eigenvalue weighted by atomic mass is 9.88. The third-order valence-electron chi connectivity index (χ3n) is 4.17. The van der Waals surface area contributed by atoms with Gasteiger partial charge in [-0.15, -0.1) is 0 Å². The summed E-state index contributed by atoms with van der Waals surface area (Å²) in [5, 5.41) is 0. The van der Waals surface area contributed by atoms with Crippen LogP contribution in [0.4, 0.5) is 5.69 Å². The molecule has 0 radical (unpaired) electrons. The van der Waals surface area contributed by atoms with Gasteiger partial charge < -0.3 is 10.6 Å². The number of nitrogens with zero attached hydrogens (tertiary/aromatic N) is 1. The quantitative estimate of drug-likeness (QED) is 0.812. The number of carbonyl (C=O) groups excluding carboxylic acids is 1. The number of nitrogens with two attached hydrogens (primary N) is 1. The second kappa shape index (κ2) is 4.63. The molecule has 3 rings (SSSR count). The Morgan fingerprint density at radius 3 is 2.39 bits per heavy atom. The maximum absolute atomic E-state index is 12.0. The number of hydrogen-bond donors (Lipinski definition) is 1. The molecule has 2 aliphatic rings. The highest BCUT2D eigenvalue weighted by molar-refractivity contribution is 5.81. The highest BCUT2D eigenvalue weighted by Crippen LogP contribution is 2.35. The molecule has 3 heteroatoms. The molecule has 2 fully saturated rings. The Bertz CT molecular complexity index is 446. The lowest BCUT2D eigenvalue weighted by molar-refractivity contribution is -0.133. The zero-order valence-corrected chi connectivity index (χ0v) is 10.6. The van der Waals surface area contributed by atoms with Gasteiger partial charge in [0, 0.05) is 24.7 Å². The van der Waals surface area contributed by atoms with Crippen LogP contribution in [0.1, 0.15) is 37.2 Å². The fraction of sp³-hybridized carbons (Fsp3) is 0.533. The smallest absolute Gasteiger partial charge is 0.225 e. The number of hydrogen-bond acceptors (Lipinski definition) is 2. The molecule has 0 aromatic heterocycles. The largest absolute Gasteiger partial charge is 0.398 e. The molecule has 1 aliphatic carbocycles. The first-order chi connectivity index (χ1) is 8.75. The van der Waals surface area contributed by atoms with E-state index in [1.807, 2.05) is 23.1 Å². The fourth-order valence-electron chi connectivity index (χ4n) is 2.88. The Balaban J connectivity index is 1.63. The van der Waals surface area contributed by atoms with Crippen molar-refractivity contribution in [2.75, 3.05) is 18.8 Å². The Hall–Kier alpha value is -1.51. The molecule has 1 saturated heterocycles. The molecule has 96 valence electrons. The summed E-state index contributed by atoms with van der Waals surface area (Å²) < 4.78 is 0. The third kappa shape index (κ3) is 2.22. The molecular weight excluding hydrogens is 224 g/mol. The number of carbonyl (C=O) groups is 1. The number of piperidine rings is 1. The van der Waals surface area contributed by atoms with Crippen LogP contribution in [-0.4, -0.2) is 23.9 Å². The Labute approximate surface area is 108 Å². The van der Waals surface area contributed by atoms with Crippen molar-refractivity contribution in [3.8, 4) is 0 Å². The molecule has 0 atom stereocenters. The van der Waals surface area contributed by atoms with Crippen LogP contribution in [0.3, 0.4) is 0 Å². The first-order valence-corrected chi connectivity index (χ1v) is 6.89. The third-order valence-corrected chi connectivity index (χ3v) is 4.17. The molecule has 2 N–H and O–H groups in total. The molecule has 3 nitrogen and oxygen atoms in total. The van der Waals surface area contributed by atoms with E-state index in [2.05, 4.69) is 6.07 Å². The maximum Gasteiger partial charge on any atom is 0.225 e. The van der Waals surface area contributed by atoms with E-state index >= 15 is 0 Å². The summed E-state index contributed by atoms with van der Waals surface area (Å²) in [5.41, 5.74) is 8.18. The van der Waals surface area contributed by atoms with Crippen molar-refractivity contribution < 1.29 is 4.79 Å². The topological polar surface area (TPSA) is 46.3 Å². The van der Waals surface area contributed by atoms with Gasteiger partial charge in [-0.2, -0.15) is 0 Å². The average Bonchev–Trinajstić information content (AvgIpc) is 3.23. The van der Waals surface area contributed by atoms with Crippen LogP contribution in [0, 0.1) is 5.92 Å². The lowest BCUT2D eigenvalue weighted by Crippen LogP contribution is -2.38. The van der Waals surface area contributed by atoms with Crippen molar-refractivity contribution in [1.29, 1.82) is 0 Å². The zero-order valence-electron chi connectivity index (χ0n) is 10.6.